The van der Waals surface area contributed by atoms with Gasteiger partial charge in [0.1, 0.15) is 0 Å². The summed E-state index contributed by atoms with van der Waals surface area (Å²) < 4.78 is 0. The zero-order chi connectivity index (χ0) is 25.3. The van der Waals surface area contributed by atoms with Gasteiger partial charge in [-0.2, -0.15) is 0 Å². The Labute approximate surface area is 213 Å². The van der Waals surface area contributed by atoms with Crippen LogP contribution in [0.2, 0.25) is 0 Å². The van der Waals surface area contributed by atoms with E-state index in [0.717, 1.165) is 29.6 Å². The standard InChI is InChI=1S/C29H51N.C4H8/c1-20-13-16-26(4)23(25(20,2)3)14-17-28(6)24(26)12-11-21-22-10-9-15-29(22,30(7)8)19-18-27(21,28)5;1-4(2)3/h20-24H,9-19H2,1-8H3;1H2,2-3H3. The van der Waals surface area contributed by atoms with Crippen molar-refractivity contribution < 1.29 is 0 Å². The molecule has 0 bridgehead atoms. The third-order valence-corrected chi connectivity index (χ3v) is 13.8. The molecule has 5 aliphatic rings. The number of allylic oxidation sites excluding steroid dienone is 1. The van der Waals surface area contributed by atoms with Crippen molar-refractivity contribution in [2.45, 2.75) is 132 Å². The van der Waals surface area contributed by atoms with E-state index in [1.807, 2.05) is 13.8 Å². The Bertz CT molecular complexity index is 775. The van der Waals surface area contributed by atoms with Gasteiger partial charge in [0, 0.05) is 5.54 Å². The molecule has 9 unspecified atom stereocenters. The number of fused-ring (bicyclic) bond motifs is 7. The van der Waals surface area contributed by atoms with Gasteiger partial charge in [0.25, 0.3) is 0 Å². The summed E-state index contributed by atoms with van der Waals surface area (Å²) in [6.07, 6.45) is 16.4. The van der Waals surface area contributed by atoms with Crippen LogP contribution in [-0.2, 0) is 0 Å². The van der Waals surface area contributed by atoms with Gasteiger partial charge in [0.15, 0.2) is 0 Å². The van der Waals surface area contributed by atoms with Crippen LogP contribution in [0, 0.1) is 51.2 Å². The molecule has 1 heteroatoms. The summed E-state index contributed by atoms with van der Waals surface area (Å²) in [5, 5.41) is 0. The maximum atomic E-state index is 3.56. The summed E-state index contributed by atoms with van der Waals surface area (Å²) >= 11 is 0. The van der Waals surface area contributed by atoms with Crippen LogP contribution >= 0.6 is 0 Å². The molecular formula is C33H59N. The third kappa shape index (κ3) is 3.55. The van der Waals surface area contributed by atoms with Gasteiger partial charge in [-0.05, 0) is 143 Å². The quantitative estimate of drug-likeness (QED) is 0.346. The first-order chi connectivity index (χ1) is 15.7. The highest BCUT2D eigenvalue weighted by molar-refractivity contribution is 5.19. The first kappa shape index (κ1) is 26.8. The number of rotatable bonds is 1. The summed E-state index contributed by atoms with van der Waals surface area (Å²) in [6.45, 7) is 23.7. The van der Waals surface area contributed by atoms with Gasteiger partial charge in [-0.15, -0.1) is 6.58 Å². The van der Waals surface area contributed by atoms with Gasteiger partial charge in [0.05, 0.1) is 0 Å². The predicted molar refractivity (Wildman–Crippen MR) is 149 cm³/mol. The van der Waals surface area contributed by atoms with Crippen molar-refractivity contribution >= 4 is 0 Å². The van der Waals surface area contributed by atoms with Crippen molar-refractivity contribution in [2.75, 3.05) is 14.1 Å². The molecular weight excluding hydrogens is 410 g/mol. The molecule has 0 saturated heterocycles. The first-order valence-corrected chi connectivity index (χ1v) is 15.0. The second-order valence-corrected chi connectivity index (χ2v) is 15.6. The molecule has 1 nitrogen and oxygen atoms in total. The smallest absolute Gasteiger partial charge is 0.0234 e. The van der Waals surface area contributed by atoms with E-state index in [2.05, 4.69) is 67.1 Å². The molecule has 0 aliphatic heterocycles. The molecule has 0 amide bonds. The summed E-state index contributed by atoms with van der Waals surface area (Å²) in [6, 6.07) is 0. The lowest BCUT2D eigenvalue weighted by Crippen LogP contribution is -2.67. The van der Waals surface area contributed by atoms with Crippen LogP contribution in [0.5, 0.6) is 0 Å². The highest BCUT2D eigenvalue weighted by Crippen LogP contribution is 2.76. The molecule has 0 radical (unpaired) electrons. The van der Waals surface area contributed by atoms with Crippen LogP contribution in [0.25, 0.3) is 0 Å². The predicted octanol–water partition coefficient (Wildman–Crippen LogP) is 9.37. The molecule has 0 N–H and O–H groups in total. The van der Waals surface area contributed by atoms with Gasteiger partial charge in [-0.3, -0.25) is 0 Å². The van der Waals surface area contributed by atoms with Crippen LogP contribution in [0.15, 0.2) is 12.2 Å². The minimum Gasteiger partial charge on any atom is -0.303 e. The zero-order valence-corrected chi connectivity index (χ0v) is 24.8. The van der Waals surface area contributed by atoms with Gasteiger partial charge in [-0.1, -0.05) is 53.5 Å². The highest BCUT2D eigenvalue weighted by Gasteiger charge is 2.69. The van der Waals surface area contributed by atoms with Crippen molar-refractivity contribution in [1.29, 1.82) is 0 Å². The van der Waals surface area contributed by atoms with Crippen molar-refractivity contribution in [1.82, 2.24) is 4.90 Å². The monoisotopic (exact) mass is 469 g/mol. The fourth-order valence-corrected chi connectivity index (χ4v) is 11.5. The molecule has 196 valence electrons. The molecule has 9 atom stereocenters. The molecule has 5 rings (SSSR count). The van der Waals surface area contributed by atoms with E-state index in [4.69, 9.17) is 0 Å². The van der Waals surface area contributed by atoms with E-state index in [1.54, 1.807) is 0 Å². The summed E-state index contributed by atoms with van der Waals surface area (Å²) in [5.41, 5.74) is 3.90. The van der Waals surface area contributed by atoms with E-state index in [-0.39, 0.29) is 0 Å². The van der Waals surface area contributed by atoms with Crippen LogP contribution in [0.3, 0.4) is 0 Å². The molecule has 5 fully saturated rings. The molecule has 0 aromatic carbocycles. The summed E-state index contributed by atoms with van der Waals surface area (Å²) in [5.74, 6) is 4.69. The van der Waals surface area contributed by atoms with E-state index in [9.17, 15) is 0 Å². The molecule has 0 aromatic rings. The van der Waals surface area contributed by atoms with Crippen LogP contribution < -0.4 is 0 Å². The molecule has 5 saturated carbocycles. The number of hydrogen-bond donors (Lipinski definition) is 0. The third-order valence-electron chi connectivity index (χ3n) is 13.8. The van der Waals surface area contributed by atoms with Crippen molar-refractivity contribution in [3.05, 3.63) is 12.2 Å². The lowest BCUT2D eigenvalue weighted by molar-refractivity contribution is -0.239. The topological polar surface area (TPSA) is 3.24 Å². The van der Waals surface area contributed by atoms with E-state index >= 15 is 0 Å². The Balaban J connectivity index is 0.000000636. The van der Waals surface area contributed by atoms with Gasteiger partial charge >= 0.3 is 0 Å². The second-order valence-electron chi connectivity index (χ2n) is 15.6. The molecule has 0 spiro atoms. The maximum Gasteiger partial charge on any atom is 0.0234 e. The average molecular weight is 470 g/mol. The fraction of sp³-hybridized carbons (Fsp3) is 0.939. The zero-order valence-electron chi connectivity index (χ0n) is 24.8. The minimum atomic E-state index is 0.518. The maximum absolute atomic E-state index is 3.56. The van der Waals surface area contributed by atoms with Gasteiger partial charge in [0.2, 0.25) is 0 Å². The van der Waals surface area contributed by atoms with E-state index in [0.29, 0.717) is 27.2 Å². The molecule has 0 heterocycles. The lowest BCUT2D eigenvalue weighted by Gasteiger charge is -2.73. The summed E-state index contributed by atoms with van der Waals surface area (Å²) in [7, 11) is 4.79. The average Bonchev–Trinajstić information content (AvgIpc) is 3.17. The number of nitrogens with zero attached hydrogens (tertiary/aromatic N) is 1. The number of hydrogen-bond acceptors (Lipinski definition) is 1. The Morgan fingerprint density at radius 2 is 1.35 bits per heavy atom. The molecule has 0 aromatic heterocycles. The van der Waals surface area contributed by atoms with Crippen molar-refractivity contribution in [3.8, 4) is 0 Å². The normalized spacial score (nSPS) is 51.3. The van der Waals surface area contributed by atoms with Gasteiger partial charge < -0.3 is 4.90 Å². The SMILES string of the molecule is C=C(C)C.CC1CCC2(C)C(CCC3(C)C2CCC2C4CCCC4(N(C)C)CCC23C)C1(C)C. The first-order valence-electron chi connectivity index (χ1n) is 15.0. The van der Waals surface area contributed by atoms with Crippen molar-refractivity contribution in [2.24, 2.45) is 51.2 Å². The van der Waals surface area contributed by atoms with Crippen LogP contribution in [0.4, 0.5) is 0 Å². The Hall–Kier alpha value is -0.300. The molecule has 5 aliphatic carbocycles. The van der Waals surface area contributed by atoms with Crippen molar-refractivity contribution in [3.63, 3.8) is 0 Å². The van der Waals surface area contributed by atoms with E-state index < -0.39 is 0 Å². The highest BCUT2D eigenvalue weighted by atomic mass is 15.2. The largest absolute Gasteiger partial charge is 0.303 e. The van der Waals surface area contributed by atoms with Gasteiger partial charge in [-0.25, -0.2) is 0 Å². The Morgan fingerprint density at radius 1 is 0.706 bits per heavy atom. The lowest BCUT2D eigenvalue weighted by atomic mass is 9.32. The second kappa shape index (κ2) is 8.63. The van der Waals surface area contributed by atoms with Crippen LogP contribution in [-0.4, -0.2) is 24.5 Å². The summed E-state index contributed by atoms with van der Waals surface area (Å²) in [4.78, 5) is 2.67. The molecule has 34 heavy (non-hydrogen) atoms. The van der Waals surface area contributed by atoms with Crippen LogP contribution in [0.1, 0.15) is 126 Å². The fourth-order valence-electron chi connectivity index (χ4n) is 11.5. The Kier molecular flexibility index (Phi) is 6.79. The minimum absolute atomic E-state index is 0.518. The Morgan fingerprint density at radius 3 is 1.97 bits per heavy atom. The van der Waals surface area contributed by atoms with E-state index in [1.165, 1.54) is 76.2 Å².